The Balaban J connectivity index is 1.76. The van der Waals surface area contributed by atoms with Crippen molar-refractivity contribution in [3.05, 3.63) is 89.5 Å². The number of ether oxygens (including phenoxy) is 1. The number of hydrogen-bond acceptors (Lipinski definition) is 5. The van der Waals surface area contributed by atoms with Crippen LogP contribution in [0.4, 0.5) is 0 Å². The molecular weight excluding hydrogens is 432 g/mol. The van der Waals surface area contributed by atoms with Crippen LogP contribution in [-0.4, -0.2) is 39.4 Å². The van der Waals surface area contributed by atoms with Crippen molar-refractivity contribution < 1.29 is 19.1 Å². The number of nitrogens with zero attached hydrogens (tertiary/aromatic N) is 1. The Morgan fingerprint density at radius 3 is 2.18 bits per heavy atom. The summed E-state index contributed by atoms with van der Waals surface area (Å²) < 4.78 is 5.51. The minimum atomic E-state index is -0.948. The number of amides is 2. The normalized spacial score (nSPS) is 12.9. The van der Waals surface area contributed by atoms with E-state index in [9.17, 15) is 14.4 Å². The number of hydrogen-bond donors (Lipinski definition) is 3. The first-order chi connectivity index (χ1) is 16.1. The van der Waals surface area contributed by atoms with E-state index >= 15 is 0 Å². The smallest absolute Gasteiger partial charge is 0.329 e. The van der Waals surface area contributed by atoms with Gasteiger partial charge in [0.05, 0.1) is 12.4 Å². The number of H-pyrrole nitrogens is 1. The molecule has 2 amide bonds. The molecular formula is C26H30N4O4. The number of aromatic nitrogens is 2. The molecule has 3 rings (SSSR count). The number of carbonyl (C=O) groups excluding carboxylic acids is 3. The lowest BCUT2D eigenvalue weighted by Crippen LogP contribution is -2.46. The van der Waals surface area contributed by atoms with Crippen molar-refractivity contribution in [2.24, 2.45) is 0 Å². The monoisotopic (exact) mass is 462 g/mol. The maximum Gasteiger partial charge on any atom is 0.329 e. The Labute approximate surface area is 199 Å². The van der Waals surface area contributed by atoms with Gasteiger partial charge >= 0.3 is 5.97 Å². The molecule has 0 bridgehead atoms. The van der Waals surface area contributed by atoms with Gasteiger partial charge in [-0.25, -0.2) is 9.78 Å². The third-order valence-corrected chi connectivity index (χ3v) is 5.01. The van der Waals surface area contributed by atoms with Gasteiger partial charge in [0.15, 0.2) is 5.69 Å². The van der Waals surface area contributed by atoms with Crippen molar-refractivity contribution >= 4 is 17.8 Å². The molecule has 0 saturated carbocycles. The van der Waals surface area contributed by atoms with Crippen molar-refractivity contribution in [3.63, 3.8) is 0 Å². The van der Waals surface area contributed by atoms with Crippen molar-refractivity contribution in [2.75, 3.05) is 0 Å². The van der Waals surface area contributed by atoms with Crippen LogP contribution in [0.2, 0.25) is 0 Å². The molecule has 0 aliphatic heterocycles. The lowest BCUT2D eigenvalue weighted by Gasteiger charge is -2.24. The predicted molar refractivity (Wildman–Crippen MR) is 128 cm³/mol. The summed E-state index contributed by atoms with van der Waals surface area (Å²) in [5.41, 5.74) is 0.981. The molecule has 0 unspecified atom stereocenters. The van der Waals surface area contributed by atoms with E-state index in [2.05, 4.69) is 20.6 Å². The molecule has 1 heterocycles. The summed E-state index contributed by atoms with van der Waals surface area (Å²) in [5, 5.41) is 5.55. The van der Waals surface area contributed by atoms with Crippen LogP contribution < -0.4 is 10.6 Å². The first-order valence-corrected chi connectivity index (χ1v) is 11.1. The van der Waals surface area contributed by atoms with Gasteiger partial charge in [0.1, 0.15) is 17.3 Å². The molecule has 0 fully saturated rings. The first kappa shape index (κ1) is 24.7. The first-order valence-electron chi connectivity index (χ1n) is 11.1. The van der Waals surface area contributed by atoms with Crippen LogP contribution in [0.25, 0.3) is 0 Å². The topological polar surface area (TPSA) is 113 Å². The number of aromatic amines is 1. The van der Waals surface area contributed by atoms with Crippen LogP contribution in [0, 0.1) is 0 Å². The molecule has 0 saturated heterocycles. The fourth-order valence-corrected chi connectivity index (χ4v) is 3.38. The molecule has 0 aliphatic carbocycles. The summed E-state index contributed by atoms with van der Waals surface area (Å²) in [5.74, 6) is -1.69. The zero-order valence-corrected chi connectivity index (χ0v) is 19.8. The summed E-state index contributed by atoms with van der Waals surface area (Å²) in [6.07, 6.45) is 1.51. The fraction of sp³-hybridized carbons (Fsp3) is 0.308. The molecule has 34 heavy (non-hydrogen) atoms. The Morgan fingerprint density at radius 2 is 1.56 bits per heavy atom. The Hall–Kier alpha value is -3.94. The molecule has 2 aromatic carbocycles. The second kappa shape index (κ2) is 10.8. The summed E-state index contributed by atoms with van der Waals surface area (Å²) in [6, 6.07) is 17.5. The van der Waals surface area contributed by atoms with Crippen molar-refractivity contribution in [1.82, 2.24) is 20.6 Å². The van der Waals surface area contributed by atoms with Crippen molar-refractivity contribution in [3.8, 4) is 0 Å². The summed E-state index contributed by atoms with van der Waals surface area (Å²) >= 11 is 0. The molecule has 8 heteroatoms. The van der Waals surface area contributed by atoms with Gasteiger partial charge in [-0.05, 0) is 38.8 Å². The molecule has 0 radical (unpaired) electrons. The van der Waals surface area contributed by atoms with E-state index in [0.29, 0.717) is 0 Å². The Morgan fingerprint density at radius 1 is 0.941 bits per heavy atom. The summed E-state index contributed by atoms with van der Waals surface area (Å²) in [7, 11) is 0. The minimum absolute atomic E-state index is 0.0283. The highest BCUT2D eigenvalue weighted by Gasteiger charge is 2.30. The minimum Gasteiger partial charge on any atom is -0.458 e. The number of carbonyl (C=O) groups is 3. The largest absolute Gasteiger partial charge is 0.458 e. The van der Waals surface area contributed by atoms with Gasteiger partial charge in [0, 0.05) is 6.42 Å². The van der Waals surface area contributed by atoms with Gasteiger partial charge in [-0.2, -0.15) is 0 Å². The van der Waals surface area contributed by atoms with E-state index in [1.807, 2.05) is 67.6 Å². The average molecular weight is 463 g/mol. The number of rotatable bonds is 8. The number of nitrogens with one attached hydrogen (secondary N) is 3. The van der Waals surface area contributed by atoms with Gasteiger partial charge in [0.25, 0.3) is 11.8 Å². The van der Waals surface area contributed by atoms with Crippen molar-refractivity contribution in [2.45, 2.75) is 51.8 Å². The van der Waals surface area contributed by atoms with Gasteiger partial charge in [-0.3, -0.25) is 9.59 Å². The third kappa shape index (κ3) is 6.78. The molecule has 2 atom stereocenters. The van der Waals surface area contributed by atoms with Crippen LogP contribution in [0.5, 0.6) is 0 Å². The van der Waals surface area contributed by atoms with Crippen LogP contribution in [-0.2, 0) is 16.0 Å². The summed E-state index contributed by atoms with van der Waals surface area (Å²) in [4.78, 5) is 45.5. The van der Waals surface area contributed by atoms with Gasteiger partial charge in [-0.15, -0.1) is 0 Å². The van der Waals surface area contributed by atoms with E-state index in [-0.39, 0.29) is 23.9 Å². The molecule has 8 nitrogen and oxygen atoms in total. The van der Waals surface area contributed by atoms with Gasteiger partial charge < -0.3 is 20.4 Å². The lowest BCUT2D eigenvalue weighted by molar-refractivity contribution is -0.157. The standard InChI is InChI=1S/C26H30N4O4/c1-17(19-13-9-6-10-14-19)29-23(31)21-22(28-16-27-21)24(32)30-20(25(33)34-26(2,3)4)15-18-11-7-5-8-12-18/h5-14,16-17,20H,15H2,1-4H3,(H,27,28)(H,29,31)(H,30,32)/t17-,20+/m1/s1. The van der Waals surface area contributed by atoms with Gasteiger partial charge in [-0.1, -0.05) is 60.7 Å². The quantitative estimate of drug-likeness (QED) is 0.443. The zero-order valence-electron chi connectivity index (χ0n) is 19.8. The lowest BCUT2D eigenvalue weighted by atomic mass is 10.1. The van der Waals surface area contributed by atoms with E-state index in [1.165, 1.54) is 6.33 Å². The maximum absolute atomic E-state index is 13.1. The highest BCUT2D eigenvalue weighted by molar-refractivity contribution is 6.05. The Kier molecular flexibility index (Phi) is 7.83. The van der Waals surface area contributed by atoms with Crippen LogP contribution in [0.3, 0.4) is 0 Å². The van der Waals surface area contributed by atoms with Crippen LogP contribution in [0.15, 0.2) is 67.0 Å². The fourth-order valence-electron chi connectivity index (χ4n) is 3.38. The summed E-state index contributed by atoms with van der Waals surface area (Å²) in [6.45, 7) is 7.13. The van der Waals surface area contributed by atoms with Crippen molar-refractivity contribution in [1.29, 1.82) is 0 Å². The van der Waals surface area contributed by atoms with E-state index in [4.69, 9.17) is 4.74 Å². The molecule has 178 valence electrons. The zero-order chi connectivity index (χ0) is 24.7. The predicted octanol–water partition coefficient (Wildman–Crippen LogP) is 3.58. The number of benzene rings is 2. The Bertz CT molecular complexity index is 1120. The highest BCUT2D eigenvalue weighted by atomic mass is 16.6. The maximum atomic E-state index is 13.1. The van der Waals surface area contributed by atoms with E-state index in [1.54, 1.807) is 20.8 Å². The van der Waals surface area contributed by atoms with Crippen LogP contribution >= 0.6 is 0 Å². The molecule has 0 aliphatic rings. The van der Waals surface area contributed by atoms with E-state index in [0.717, 1.165) is 11.1 Å². The molecule has 3 N–H and O–H groups in total. The molecule has 3 aromatic rings. The second-order valence-electron chi connectivity index (χ2n) is 8.98. The van der Waals surface area contributed by atoms with E-state index < -0.39 is 29.4 Å². The van der Waals surface area contributed by atoms with Gasteiger partial charge in [0.2, 0.25) is 0 Å². The second-order valence-corrected chi connectivity index (χ2v) is 8.98. The van der Waals surface area contributed by atoms with Crippen LogP contribution in [0.1, 0.15) is 65.8 Å². The SMILES string of the molecule is C[C@@H](NC(=O)c1nc[nH]c1C(=O)N[C@@H](Cc1ccccc1)C(=O)OC(C)(C)C)c1ccccc1. The molecule has 1 aromatic heterocycles. The third-order valence-electron chi connectivity index (χ3n) is 5.01. The average Bonchev–Trinajstić information content (AvgIpc) is 3.29. The molecule has 0 spiro atoms. The number of imidazole rings is 1. The highest BCUT2D eigenvalue weighted by Crippen LogP contribution is 2.15. The number of esters is 1.